The lowest BCUT2D eigenvalue weighted by molar-refractivity contribution is -0.114. The van der Waals surface area contributed by atoms with E-state index in [0.717, 1.165) is 16.0 Å². The SMILES string of the molecule is CC(=O)Nc1ccc(NC(=O)c2ccc3c(c2)C(=O)N(c2ccc(C)cc2C)C3=O)cc1. The molecular weight excluding hydrogens is 406 g/mol. The molecule has 2 N–H and O–H groups in total. The molecule has 1 aliphatic heterocycles. The Morgan fingerprint density at radius 3 is 2.00 bits per heavy atom. The van der Waals surface area contributed by atoms with E-state index in [-0.39, 0.29) is 22.6 Å². The van der Waals surface area contributed by atoms with Gasteiger partial charge in [0, 0.05) is 23.9 Å². The first-order valence-corrected chi connectivity index (χ1v) is 10.0. The van der Waals surface area contributed by atoms with E-state index >= 15 is 0 Å². The highest BCUT2D eigenvalue weighted by atomic mass is 16.2. The van der Waals surface area contributed by atoms with E-state index in [0.29, 0.717) is 17.1 Å². The molecule has 0 spiro atoms. The maximum atomic E-state index is 13.0. The van der Waals surface area contributed by atoms with Crippen molar-refractivity contribution in [1.29, 1.82) is 0 Å². The van der Waals surface area contributed by atoms with Crippen LogP contribution in [-0.2, 0) is 4.79 Å². The van der Waals surface area contributed by atoms with Gasteiger partial charge in [0.1, 0.15) is 0 Å². The number of carbonyl (C=O) groups excluding carboxylic acids is 4. The number of aryl methyl sites for hydroxylation is 2. The molecule has 0 aliphatic carbocycles. The van der Waals surface area contributed by atoms with Gasteiger partial charge in [0.25, 0.3) is 17.7 Å². The van der Waals surface area contributed by atoms with Gasteiger partial charge in [-0.15, -0.1) is 0 Å². The van der Waals surface area contributed by atoms with Crippen LogP contribution in [0, 0.1) is 13.8 Å². The molecule has 32 heavy (non-hydrogen) atoms. The average molecular weight is 427 g/mol. The number of hydrogen-bond acceptors (Lipinski definition) is 4. The highest BCUT2D eigenvalue weighted by Crippen LogP contribution is 2.31. The van der Waals surface area contributed by atoms with Gasteiger partial charge in [-0.05, 0) is 67.9 Å². The molecule has 3 aromatic rings. The number of anilines is 3. The summed E-state index contributed by atoms with van der Waals surface area (Å²) in [7, 11) is 0. The maximum Gasteiger partial charge on any atom is 0.266 e. The topological polar surface area (TPSA) is 95.6 Å². The molecule has 1 aliphatic rings. The molecule has 0 saturated carbocycles. The number of nitrogens with one attached hydrogen (secondary N) is 2. The number of benzene rings is 3. The summed E-state index contributed by atoms with van der Waals surface area (Å²) in [4.78, 5) is 50.9. The van der Waals surface area contributed by atoms with Gasteiger partial charge >= 0.3 is 0 Å². The van der Waals surface area contributed by atoms with Crippen LogP contribution in [0.1, 0.15) is 49.1 Å². The van der Waals surface area contributed by atoms with E-state index in [4.69, 9.17) is 0 Å². The first-order valence-electron chi connectivity index (χ1n) is 10.0. The van der Waals surface area contributed by atoms with Gasteiger partial charge < -0.3 is 10.6 Å². The van der Waals surface area contributed by atoms with E-state index in [1.165, 1.54) is 25.1 Å². The van der Waals surface area contributed by atoms with Crippen molar-refractivity contribution in [2.24, 2.45) is 0 Å². The van der Waals surface area contributed by atoms with Crippen molar-refractivity contribution in [1.82, 2.24) is 0 Å². The molecule has 1 heterocycles. The van der Waals surface area contributed by atoms with Crippen molar-refractivity contribution < 1.29 is 19.2 Å². The molecule has 0 fully saturated rings. The summed E-state index contributed by atoms with van der Waals surface area (Å²) < 4.78 is 0. The number of fused-ring (bicyclic) bond motifs is 1. The van der Waals surface area contributed by atoms with Crippen LogP contribution in [0.5, 0.6) is 0 Å². The zero-order chi connectivity index (χ0) is 23.0. The smallest absolute Gasteiger partial charge is 0.266 e. The number of rotatable bonds is 4. The summed E-state index contributed by atoms with van der Waals surface area (Å²) in [6.45, 7) is 5.20. The highest BCUT2D eigenvalue weighted by molar-refractivity contribution is 6.35. The third-order valence-corrected chi connectivity index (χ3v) is 5.21. The van der Waals surface area contributed by atoms with Crippen LogP contribution in [0.4, 0.5) is 17.1 Å². The Bertz CT molecular complexity index is 1280. The molecule has 7 heteroatoms. The van der Waals surface area contributed by atoms with Crippen LogP contribution in [0.2, 0.25) is 0 Å². The van der Waals surface area contributed by atoms with Crippen molar-refractivity contribution in [3.05, 3.63) is 88.5 Å². The minimum Gasteiger partial charge on any atom is -0.326 e. The van der Waals surface area contributed by atoms with E-state index in [2.05, 4.69) is 10.6 Å². The predicted molar refractivity (Wildman–Crippen MR) is 122 cm³/mol. The third kappa shape index (κ3) is 3.88. The van der Waals surface area contributed by atoms with Crippen LogP contribution in [0.15, 0.2) is 60.7 Å². The Balaban J connectivity index is 1.57. The van der Waals surface area contributed by atoms with Crippen LogP contribution in [-0.4, -0.2) is 23.6 Å². The van der Waals surface area contributed by atoms with Crippen LogP contribution >= 0.6 is 0 Å². The van der Waals surface area contributed by atoms with Crippen molar-refractivity contribution in [2.45, 2.75) is 20.8 Å². The maximum absolute atomic E-state index is 13.0. The molecule has 160 valence electrons. The molecule has 3 aromatic carbocycles. The quantitative estimate of drug-likeness (QED) is 0.607. The summed E-state index contributed by atoms with van der Waals surface area (Å²) in [5.74, 6) is -1.46. The fraction of sp³-hybridized carbons (Fsp3) is 0.120. The van der Waals surface area contributed by atoms with Crippen LogP contribution in [0.3, 0.4) is 0 Å². The summed E-state index contributed by atoms with van der Waals surface area (Å²) in [5.41, 5.74) is 4.26. The first kappa shape index (κ1) is 21.0. The van der Waals surface area contributed by atoms with E-state index in [1.807, 2.05) is 26.0 Å². The second kappa shape index (κ2) is 8.11. The van der Waals surface area contributed by atoms with Crippen LogP contribution < -0.4 is 15.5 Å². The normalized spacial score (nSPS) is 12.5. The molecule has 0 radical (unpaired) electrons. The molecule has 4 rings (SSSR count). The van der Waals surface area contributed by atoms with Gasteiger partial charge in [0.05, 0.1) is 16.8 Å². The Hall–Kier alpha value is -4.26. The second-order valence-corrected chi connectivity index (χ2v) is 7.71. The number of hydrogen-bond donors (Lipinski definition) is 2. The molecule has 0 saturated heterocycles. The predicted octanol–water partition coefficient (Wildman–Crippen LogP) is 4.31. The summed E-state index contributed by atoms with van der Waals surface area (Å²) in [6.07, 6.45) is 0. The molecule has 0 unspecified atom stereocenters. The van der Waals surface area contributed by atoms with Gasteiger partial charge in [0.15, 0.2) is 0 Å². The molecular formula is C25H21N3O4. The van der Waals surface area contributed by atoms with Crippen molar-refractivity contribution in [3.8, 4) is 0 Å². The molecule has 7 nitrogen and oxygen atoms in total. The van der Waals surface area contributed by atoms with E-state index in [1.54, 1.807) is 30.3 Å². The Morgan fingerprint density at radius 1 is 0.750 bits per heavy atom. The van der Waals surface area contributed by atoms with Crippen molar-refractivity contribution in [3.63, 3.8) is 0 Å². The summed E-state index contributed by atoms with van der Waals surface area (Å²) >= 11 is 0. The number of nitrogens with zero attached hydrogens (tertiary/aromatic N) is 1. The molecule has 0 atom stereocenters. The lowest BCUT2D eigenvalue weighted by atomic mass is 10.1. The third-order valence-electron chi connectivity index (χ3n) is 5.21. The van der Waals surface area contributed by atoms with Gasteiger partial charge in [-0.3, -0.25) is 19.2 Å². The lowest BCUT2D eigenvalue weighted by Gasteiger charge is -2.16. The van der Waals surface area contributed by atoms with E-state index < -0.39 is 17.7 Å². The zero-order valence-electron chi connectivity index (χ0n) is 17.9. The van der Waals surface area contributed by atoms with Gasteiger partial charge in [-0.25, -0.2) is 4.90 Å². The minimum absolute atomic E-state index is 0.186. The van der Waals surface area contributed by atoms with E-state index in [9.17, 15) is 19.2 Å². The largest absolute Gasteiger partial charge is 0.326 e. The molecule has 0 bridgehead atoms. The number of amides is 4. The standard InChI is InChI=1S/C25H21N3O4/c1-14-4-11-22(15(2)12-14)28-24(31)20-10-5-17(13-21(20)25(28)32)23(30)27-19-8-6-18(7-9-19)26-16(3)29/h4-13H,1-3H3,(H,26,29)(H,27,30). The minimum atomic E-state index is -0.453. The number of carbonyl (C=O) groups is 4. The van der Waals surface area contributed by atoms with Gasteiger partial charge in [-0.2, -0.15) is 0 Å². The fourth-order valence-corrected chi connectivity index (χ4v) is 3.70. The monoisotopic (exact) mass is 427 g/mol. The number of imide groups is 1. The zero-order valence-corrected chi connectivity index (χ0v) is 17.9. The Labute approximate surface area is 185 Å². The molecule has 0 aromatic heterocycles. The fourth-order valence-electron chi connectivity index (χ4n) is 3.70. The lowest BCUT2D eigenvalue weighted by Crippen LogP contribution is -2.30. The van der Waals surface area contributed by atoms with Crippen LogP contribution in [0.25, 0.3) is 0 Å². The summed E-state index contributed by atoms with van der Waals surface area (Å²) in [6, 6.07) is 16.7. The van der Waals surface area contributed by atoms with Gasteiger partial charge in [-0.1, -0.05) is 17.7 Å². The highest BCUT2D eigenvalue weighted by Gasteiger charge is 2.37. The Morgan fingerprint density at radius 2 is 1.38 bits per heavy atom. The second-order valence-electron chi connectivity index (χ2n) is 7.71. The summed E-state index contributed by atoms with van der Waals surface area (Å²) in [5, 5.41) is 5.41. The Kier molecular flexibility index (Phi) is 5.32. The molecule has 4 amide bonds. The van der Waals surface area contributed by atoms with Crippen molar-refractivity contribution in [2.75, 3.05) is 15.5 Å². The first-order chi connectivity index (χ1) is 15.2. The average Bonchev–Trinajstić information content (AvgIpc) is 2.99. The van der Waals surface area contributed by atoms with Crippen molar-refractivity contribution >= 4 is 40.7 Å². The van der Waals surface area contributed by atoms with Gasteiger partial charge in [0.2, 0.25) is 5.91 Å².